The van der Waals surface area contributed by atoms with Crippen LogP contribution in [0.5, 0.6) is 0 Å². The standard InChI is InChI=1S/C11H16N2O2/c1-3-4-7-12-11(15)9-5-6-10(14)13(2)8-9/h5-6,8H,3-4,7H2,1-2H3,(H,12,15). The Morgan fingerprint density at radius 3 is 2.80 bits per heavy atom. The lowest BCUT2D eigenvalue weighted by atomic mass is 10.2. The van der Waals surface area contributed by atoms with Crippen LogP contribution in [0, 0.1) is 0 Å². The molecule has 1 heterocycles. The highest BCUT2D eigenvalue weighted by molar-refractivity contribution is 5.93. The summed E-state index contributed by atoms with van der Waals surface area (Å²) < 4.78 is 1.40. The van der Waals surface area contributed by atoms with E-state index < -0.39 is 0 Å². The first-order valence-electron chi connectivity index (χ1n) is 5.10. The molecule has 1 N–H and O–H groups in total. The van der Waals surface area contributed by atoms with Crippen molar-refractivity contribution in [1.82, 2.24) is 9.88 Å². The highest BCUT2D eigenvalue weighted by atomic mass is 16.1. The van der Waals surface area contributed by atoms with Crippen LogP contribution in [0.4, 0.5) is 0 Å². The zero-order chi connectivity index (χ0) is 11.3. The summed E-state index contributed by atoms with van der Waals surface area (Å²) in [5.74, 6) is -0.126. The Labute approximate surface area is 88.9 Å². The van der Waals surface area contributed by atoms with Crippen molar-refractivity contribution in [2.24, 2.45) is 7.05 Å². The largest absolute Gasteiger partial charge is 0.352 e. The minimum Gasteiger partial charge on any atom is -0.352 e. The Kier molecular flexibility index (Phi) is 4.09. The molecule has 4 heteroatoms. The van der Waals surface area contributed by atoms with Gasteiger partial charge >= 0.3 is 0 Å². The van der Waals surface area contributed by atoms with Gasteiger partial charge in [-0.1, -0.05) is 13.3 Å². The maximum atomic E-state index is 11.6. The van der Waals surface area contributed by atoms with Gasteiger partial charge in [-0.2, -0.15) is 0 Å². The number of hydrogen-bond donors (Lipinski definition) is 1. The van der Waals surface area contributed by atoms with E-state index in [9.17, 15) is 9.59 Å². The molecule has 15 heavy (non-hydrogen) atoms. The van der Waals surface area contributed by atoms with E-state index in [-0.39, 0.29) is 11.5 Å². The second-order valence-corrected chi connectivity index (χ2v) is 3.48. The highest BCUT2D eigenvalue weighted by Gasteiger charge is 2.04. The quantitative estimate of drug-likeness (QED) is 0.748. The molecule has 0 aliphatic carbocycles. The Morgan fingerprint density at radius 2 is 2.20 bits per heavy atom. The van der Waals surface area contributed by atoms with E-state index in [1.807, 2.05) is 0 Å². The van der Waals surface area contributed by atoms with Gasteiger partial charge in [0.2, 0.25) is 5.56 Å². The summed E-state index contributed by atoms with van der Waals surface area (Å²) in [5, 5.41) is 2.79. The van der Waals surface area contributed by atoms with Gasteiger partial charge in [-0.3, -0.25) is 9.59 Å². The molecule has 82 valence electrons. The number of hydrogen-bond acceptors (Lipinski definition) is 2. The summed E-state index contributed by atoms with van der Waals surface area (Å²) in [4.78, 5) is 22.6. The number of nitrogens with zero attached hydrogens (tertiary/aromatic N) is 1. The summed E-state index contributed by atoms with van der Waals surface area (Å²) in [7, 11) is 1.63. The summed E-state index contributed by atoms with van der Waals surface area (Å²) >= 11 is 0. The molecule has 0 fully saturated rings. The molecule has 0 atom stereocenters. The fourth-order valence-corrected chi connectivity index (χ4v) is 1.21. The van der Waals surface area contributed by atoms with E-state index in [0.29, 0.717) is 12.1 Å². The van der Waals surface area contributed by atoms with E-state index in [2.05, 4.69) is 12.2 Å². The van der Waals surface area contributed by atoms with E-state index >= 15 is 0 Å². The zero-order valence-corrected chi connectivity index (χ0v) is 9.12. The van der Waals surface area contributed by atoms with Crippen LogP contribution in [0.25, 0.3) is 0 Å². The number of nitrogens with one attached hydrogen (secondary N) is 1. The monoisotopic (exact) mass is 208 g/mol. The number of aryl methyl sites for hydroxylation is 1. The van der Waals surface area contributed by atoms with Crippen LogP contribution in [-0.2, 0) is 7.05 Å². The molecule has 0 aromatic carbocycles. The van der Waals surface area contributed by atoms with Gasteiger partial charge in [-0.25, -0.2) is 0 Å². The maximum Gasteiger partial charge on any atom is 0.252 e. The van der Waals surface area contributed by atoms with Gasteiger partial charge in [0.25, 0.3) is 5.91 Å². The molecular weight excluding hydrogens is 192 g/mol. The van der Waals surface area contributed by atoms with Crippen molar-refractivity contribution in [3.05, 3.63) is 34.2 Å². The first-order valence-corrected chi connectivity index (χ1v) is 5.10. The third kappa shape index (κ3) is 3.23. The molecule has 1 amide bonds. The first-order chi connectivity index (χ1) is 7.15. The number of pyridine rings is 1. The third-order valence-corrected chi connectivity index (χ3v) is 2.16. The Morgan fingerprint density at radius 1 is 1.47 bits per heavy atom. The van der Waals surface area contributed by atoms with Crippen LogP contribution in [0.3, 0.4) is 0 Å². The van der Waals surface area contributed by atoms with Gasteiger partial charge in [0.15, 0.2) is 0 Å². The SMILES string of the molecule is CCCCNC(=O)c1ccc(=O)n(C)c1. The second-order valence-electron chi connectivity index (χ2n) is 3.48. The molecule has 0 unspecified atom stereocenters. The normalized spacial score (nSPS) is 10.0. The van der Waals surface area contributed by atoms with Gasteiger partial charge in [-0.15, -0.1) is 0 Å². The zero-order valence-electron chi connectivity index (χ0n) is 9.12. The molecule has 0 radical (unpaired) electrons. The van der Waals surface area contributed by atoms with Gasteiger partial charge in [0.1, 0.15) is 0 Å². The molecule has 0 saturated carbocycles. The lowest BCUT2D eigenvalue weighted by molar-refractivity contribution is 0.0952. The number of rotatable bonds is 4. The Hall–Kier alpha value is -1.58. The van der Waals surface area contributed by atoms with Crippen molar-refractivity contribution < 1.29 is 4.79 Å². The minimum atomic E-state index is -0.126. The minimum absolute atomic E-state index is 0.111. The van der Waals surface area contributed by atoms with Gasteiger partial charge in [-0.05, 0) is 12.5 Å². The van der Waals surface area contributed by atoms with Crippen molar-refractivity contribution >= 4 is 5.91 Å². The number of carbonyl (C=O) groups is 1. The predicted molar refractivity (Wildman–Crippen MR) is 58.9 cm³/mol. The predicted octanol–water partition coefficient (Wildman–Crippen LogP) is 0.915. The van der Waals surface area contributed by atoms with Crippen molar-refractivity contribution in [1.29, 1.82) is 0 Å². The fourth-order valence-electron chi connectivity index (χ4n) is 1.21. The molecule has 0 aliphatic heterocycles. The van der Waals surface area contributed by atoms with Crippen LogP contribution < -0.4 is 10.9 Å². The van der Waals surface area contributed by atoms with Crippen molar-refractivity contribution in [2.75, 3.05) is 6.54 Å². The molecule has 1 rings (SSSR count). The van der Waals surface area contributed by atoms with Crippen LogP contribution in [-0.4, -0.2) is 17.0 Å². The van der Waals surface area contributed by atoms with Gasteiger partial charge in [0, 0.05) is 25.9 Å². The summed E-state index contributed by atoms with van der Waals surface area (Å²) in [6, 6.07) is 2.94. The molecule has 4 nitrogen and oxygen atoms in total. The summed E-state index contributed by atoms with van der Waals surface area (Å²) in [6.07, 6.45) is 3.56. The average molecular weight is 208 g/mol. The van der Waals surface area contributed by atoms with Crippen molar-refractivity contribution in [2.45, 2.75) is 19.8 Å². The molecule has 0 bridgehead atoms. The molecule has 0 saturated heterocycles. The van der Waals surface area contributed by atoms with Crippen LogP contribution >= 0.6 is 0 Å². The van der Waals surface area contributed by atoms with Crippen LogP contribution in [0.2, 0.25) is 0 Å². The first kappa shape index (κ1) is 11.5. The number of carbonyl (C=O) groups excluding carboxylic acids is 1. The molecule has 0 spiro atoms. The molecule has 0 aliphatic rings. The topological polar surface area (TPSA) is 51.1 Å². The Balaban J connectivity index is 2.66. The van der Waals surface area contributed by atoms with Crippen molar-refractivity contribution in [3.8, 4) is 0 Å². The fraction of sp³-hybridized carbons (Fsp3) is 0.455. The highest BCUT2D eigenvalue weighted by Crippen LogP contribution is 1.95. The lowest BCUT2D eigenvalue weighted by Gasteiger charge is -2.05. The van der Waals surface area contributed by atoms with E-state index in [0.717, 1.165) is 12.8 Å². The number of unbranched alkanes of at least 4 members (excludes halogenated alkanes) is 1. The Bertz CT molecular complexity index is 396. The van der Waals surface area contributed by atoms with Crippen molar-refractivity contribution in [3.63, 3.8) is 0 Å². The smallest absolute Gasteiger partial charge is 0.252 e. The summed E-state index contributed by atoms with van der Waals surface area (Å²) in [5.41, 5.74) is 0.410. The molecule has 1 aromatic rings. The molecule has 1 aromatic heterocycles. The number of aromatic nitrogens is 1. The number of amides is 1. The summed E-state index contributed by atoms with van der Waals surface area (Å²) in [6.45, 7) is 2.75. The van der Waals surface area contributed by atoms with Gasteiger partial charge in [0.05, 0.1) is 5.56 Å². The third-order valence-electron chi connectivity index (χ3n) is 2.16. The van der Waals surface area contributed by atoms with E-state index in [4.69, 9.17) is 0 Å². The van der Waals surface area contributed by atoms with Gasteiger partial charge < -0.3 is 9.88 Å². The average Bonchev–Trinajstić information content (AvgIpc) is 2.22. The second kappa shape index (κ2) is 5.34. The van der Waals surface area contributed by atoms with Crippen LogP contribution in [0.15, 0.2) is 23.1 Å². The van der Waals surface area contributed by atoms with E-state index in [1.54, 1.807) is 19.3 Å². The lowest BCUT2D eigenvalue weighted by Crippen LogP contribution is -2.26. The maximum absolute atomic E-state index is 11.6. The van der Waals surface area contributed by atoms with Crippen LogP contribution in [0.1, 0.15) is 30.1 Å². The molecular formula is C11H16N2O2. The van der Waals surface area contributed by atoms with E-state index in [1.165, 1.54) is 10.6 Å².